The third-order valence-electron chi connectivity index (χ3n) is 3.40. The second-order valence-corrected chi connectivity index (χ2v) is 5.98. The van der Waals surface area contributed by atoms with Gasteiger partial charge in [-0.2, -0.15) is 0 Å². The Morgan fingerprint density at radius 1 is 1.28 bits per heavy atom. The van der Waals surface area contributed by atoms with Crippen LogP contribution in [0.1, 0.15) is 40.0 Å². The Kier molecular flexibility index (Phi) is 3.42. The summed E-state index contributed by atoms with van der Waals surface area (Å²) in [6.07, 6.45) is 12.5. The lowest BCUT2D eigenvalue weighted by atomic mass is 9.70. The van der Waals surface area contributed by atoms with E-state index in [0.717, 1.165) is 12.8 Å². The van der Waals surface area contributed by atoms with E-state index < -0.39 is 11.1 Å². The summed E-state index contributed by atoms with van der Waals surface area (Å²) >= 11 is 0. The fraction of sp³-hybridized carbons (Fsp3) is 0.600. The minimum Gasteiger partial charge on any atom is -0.458 e. The summed E-state index contributed by atoms with van der Waals surface area (Å²) in [5, 5.41) is 0. The van der Waals surface area contributed by atoms with Crippen molar-refractivity contribution in [3.8, 4) is 0 Å². The lowest BCUT2D eigenvalue weighted by Gasteiger charge is -2.39. The maximum absolute atomic E-state index is 12.5. The second kappa shape index (κ2) is 4.71. The molecule has 1 atom stereocenters. The topological polar surface area (TPSA) is 38.7 Å². The van der Waals surface area contributed by atoms with Gasteiger partial charge in [0.05, 0.1) is 0 Å². The Morgan fingerprint density at radius 3 is 2.56 bits per heavy atom. The Balaban J connectivity index is 2.27. The lowest BCUT2D eigenvalue weighted by Crippen LogP contribution is -2.48. The van der Waals surface area contributed by atoms with Crippen LogP contribution in [0.15, 0.2) is 29.3 Å². The molecule has 3 nitrogen and oxygen atoms in total. The highest BCUT2D eigenvalue weighted by Gasteiger charge is 2.48. The van der Waals surface area contributed by atoms with Gasteiger partial charge < -0.3 is 4.74 Å². The normalized spacial score (nSPS) is 27.7. The molecule has 1 unspecified atom stereocenters. The zero-order valence-corrected chi connectivity index (χ0v) is 11.3. The summed E-state index contributed by atoms with van der Waals surface area (Å²) in [5.74, 6) is 0.0515. The summed E-state index contributed by atoms with van der Waals surface area (Å²) < 4.78 is 5.56. The van der Waals surface area contributed by atoms with Crippen LogP contribution in [-0.2, 0) is 9.53 Å². The molecule has 1 aliphatic heterocycles. The lowest BCUT2D eigenvalue weighted by molar-refractivity contribution is -0.162. The van der Waals surface area contributed by atoms with Crippen LogP contribution in [0, 0.1) is 5.92 Å². The fourth-order valence-electron chi connectivity index (χ4n) is 2.26. The molecule has 1 fully saturated rings. The standard InChI is InChI=1S/C15H21NO2/c1-14(2,3)18-13(17)15(12-8-7-9-12)10-5-4-6-11-16-15/h4-6,10-12H,7-9H2,1-3H3. The molecule has 18 heavy (non-hydrogen) atoms. The van der Waals surface area contributed by atoms with Crippen molar-refractivity contribution < 1.29 is 9.53 Å². The number of rotatable bonds is 2. The van der Waals surface area contributed by atoms with Crippen LogP contribution in [0.25, 0.3) is 0 Å². The number of aliphatic imine (C=N–C) groups is 1. The fourth-order valence-corrected chi connectivity index (χ4v) is 2.26. The highest BCUT2D eigenvalue weighted by Crippen LogP contribution is 2.41. The van der Waals surface area contributed by atoms with Crippen LogP contribution in [0.4, 0.5) is 0 Å². The highest BCUT2D eigenvalue weighted by molar-refractivity contribution is 5.88. The van der Waals surface area contributed by atoms with Crippen LogP contribution in [0.2, 0.25) is 0 Å². The van der Waals surface area contributed by atoms with E-state index in [4.69, 9.17) is 4.74 Å². The van der Waals surface area contributed by atoms with Crippen LogP contribution < -0.4 is 0 Å². The van der Waals surface area contributed by atoms with Crippen molar-refractivity contribution in [2.45, 2.75) is 51.2 Å². The SMILES string of the molecule is CC(C)(C)OC(=O)C1(C2CCC2)C=CC=CC=N1. The number of nitrogens with zero attached hydrogens (tertiary/aromatic N) is 1. The number of carbonyl (C=O) groups excluding carboxylic acids is 1. The monoisotopic (exact) mass is 247 g/mol. The number of hydrogen-bond acceptors (Lipinski definition) is 3. The summed E-state index contributed by atoms with van der Waals surface area (Å²) in [7, 11) is 0. The van der Waals surface area contributed by atoms with E-state index in [0.29, 0.717) is 0 Å². The third-order valence-corrected chi connectivity index (χ3v) is 3.40. The average molecular weight is 247 g/mol. The van der Waals surface area contributed by atoms with E-state index >= 15 is 0 Å². The van der Waals surface area contributed by atoms with Gasteiger partial charge in [-0.1, -0.05) is 18.6 Å². The number of esters is 1. The molecule has 0 saturated heterocycles. The highest BCUT2D eigenvalue weighted by atomic mass is 16.6. The first-order valence-corrected chi connectivity index (χ1v) is 6.57. The van der Waals surface area contributed by atoms with Crippen molar-refractivity contribution in [3.63, 3.8) is 0 Å². The predicted molar refractivity (Wildman–Crippen MR) is 72.7 cm³/mol. The van der Waals surface area contributed by atoms with Gasteiger partial charge in [-0.25, -0.2) is 4.79 Å². The van der Waals surface area contributed by atoms with Crippen LogP contribution in [-0.4, -0.2) is 23.3 Å². The molecule has 1 saturated carbocycles. The van der Waals surface area contributed by atoms with Crippen molar-refractivity contribution in [1.82, 2.24) is 0 Å². The number of hydrogen-bond donors (Lipinski definition) is 0. The van der Waals surface area contributed by atoms with Crippen molar-refractivity contribution in [2.24, 2.45) is 10.9 Å². The molecule has 0 aromatic carbocycles. The van der Waals surface area contributed by atoms with E-state index in [-0.39, 0.29) is 11.9 Å². The van der Waals surface area contributed by atoms with Gasteiger partial charge in [-0.15, -0.1) is 0 Å². The molecule has 98 valence electrons. The van der Waals surface area contributed by atoms with Crippen LogP contribution >= 0.6 is 0 Å². The maximum atomic E-state index is 12.5. The quantitative estimate of drug-likeness (QED) is 0.703. The Hall–Kier alpha value is -1.38. The van der Waals surface area contributed by atoms with Crippen LogP contribution in [0.3, 0.4) is 0 Å². The minimum atomic E-state index is -0.810. The van der Waals surface area contributed by atoms with E-state index in [9.17, 15) is 4.79 Å². The smallest absolute Gasteiger partial charge is 0.338 e. The summed E-state index contributed by atoms with van der Waals surface area (Å²) in [4.78, 5) is 17.0. The van der Waals surface area contributed by atoms with Gasteiger partial charge in [0.25, 0.3) is 0 Å². The first-order valence-electron chi connectivity index (χ1n) is 6.57. The molecule has 0 N–H and O–H groups in total. The third kappa shape index (κ3) is 2.55. The molecule has 0 spiro atoms. The Morgan fingerprint density at radius 2 is 2.00 bits per heavy atom. The zero-order valence-electron chi connectivity index (χ0n) is 11.3. The molecule has 3 heteroatoms. The average Bonchev–Trinajstić information content (AvgIpc) is 2.39. The van der Waals surface area contributed by atoms with Crippen LogP contribution in [0.5, 0.6) is 0 Å². The van der Waals surface area contributed by atoms with Gasteiger partial charge in [-0.05, 0) is 51.7 Å². The summed E-state index contributed by atoms with van der Waals surface area (Å²) in [6, 6.07) is 0. The van der Waals surface area contributed by atoms with Gasteiger partial charge in [0.2, 0.25) is 0 Å². The van der Waals surface area contributed by atoms with Crippen molar-refractivity contribution >= 4 is 12.2 Å². The largest absolute Gasteiger partial charge is 0.458 e. The number of ether oxygens (including phenoxy) is 1. The summed E-state index contributed by atoms with van der Waals surface area (Å²) in [5.41, 5.74) is -1.29. The summed E-state index contributed by atoms with van der Waals surface area (Å²) in [6.45, 7) is 5.67. The first-order chi connectivity index (χ1) is 8.44. The molecule has 0 amide bonds. The minimum absolute atomic E-state index is 0.226. The van der Waals surface area contributed by atoms with E-state index in [1.54, 1.807) is 6.21 Å². The van der Waals surface area contributed by atoms with Gasteiger partial charge in [0.15, 0.2) is 5.54 Å². The molecule has 0 aromatic heterocycles. The molecule has 1 heterocycles. The van der Waals surface area contributed by atoms with E-state index in [2.05, 4.69) is 4.99 Å². The first kappa shape index (κ1) is 13.1. The van der Waals surface area contributed by atoms with Gasteiger partial charge in [0, 0.05) is 6.21 Å². The molecule has 2 rings (SSSR count). The maximum Gasteiger partial charge on any atom is 0.338 e. The van der Waals surface area contributed by atoms with Gasteiger partial charge in [-0.3, -0.25) is 4.99 Å². The Bertz CT molecular complexity index is 393. The number of allylic oxidation sites excluding steroid dienone is 3. The zero-order chi connectivity index (χ0) is 13.2. The molecular weight excluding hydrogens is 226 g/mol. The molecule has 0 bridgehead atoms. The van der Waals surface area contributed by atoms with Crippen molar-refractivity contribution in [3.05, 3.63) is 24.3 Å². The van der Waals surface area contributed by atoms with E-state index in [1.165, 1.54) is 6.42 Å². The molecule has 1 aliphatic carbocycles. The molecular formula is C15H21NO2. The van der Waals surface area contributed by atoms with Gasteiger partial charge in [0.1, 0.15) is 5.60 Å². The van der Waals surface area contributed by atoms with Gasteiger partial charge >= 0.3 is 5.97 Å². The second-order valence-electron chi connectivity index (χ2n) is 5.98. The molecule has 2 aliphatic rings. The molecule has 0 radical (unpaired) electrons. The van der Waals surface area contributed by atoms with Crippen molar-refractivity contribution in [2.75, 3.05) is 0 Å². The van der Waals surface area contributed by atoms with E-state index in [1.807, 2.05) is 45.1 Å². The predicted octanol–water partition coefficient (Wildman–Crippen LogP) is 3.06. The molecule has 0 aromatic rings. The number of carbonyl (C=O) groups is 1. The Labute approximate surface area is 109 Å². The van der Waals surface area contributed by atoms with Crippen molar-refractivity contribution in [1.29, 1.82) is 0 Å².